The van der Waals surface area contributed by atoms with E-state index in [4.69, 9.17) is 0 Å². The molecular weight excluding hydrogens is 272 g/mol. The highest BCUT2D eigenvalue weighted by Gasteiger charge is 2.21. The van der Waals surface area contributed by atoms with Gasteiger partial charge in [-0.25, -0.2) is 13.1 Å². The third kappa shape index (κ3) is 4.80. The number of sulfonamides is 1. The lowest BCUT2D eigenvalue weighted by Crippen LogP contribution is -2.35. The minimum absolute atomic E-state index is 0.0230. The summed E-state index contributed by atoms with van der Waals surface area (Å²) in [6.07, 6.45) is 4.87. The van der Waals surface area contributed by atoms with Gasteiger partial charge >= 0.3 is 0 Å². The molecule has 0 saturated heterocycles. The number of anilines is 1. The third-order valence-corrected chi connectivity index (χ3v) is 4.89. The van der Waals surface area contributed by atoms with Crippen LogP contribution in [0.2, 0.25) is 0 Å². The van der Waals surface area contributed by atoms with Gasteiger partial charge in [-0.15, -0.1) is 0 Å². The average Bonchev–Trinajstić information content (AvgIpc) is 2.44. The van der Waals surface area contributed by atoms with Crippen molar-refractivity contribution in [2.24, 2.45) is 0 Å². The van der Waals surface area contributed by atoms with Crippen molar-refractivity contribution in [2.75, 3.05) is 12.4 Å². The van der Waals surface area contributed by atoms with Gasteiger partial charge in [0.05, 0.1) is 5.69 Å². The Kier molecular flexibility index (Phi) is 7.02. The van der Waals surface area contributed by atoms with Crippen LogP contribution in [-0.2, 0) is 10.0 Å². The number of hydrogen-bond donors (Lipinski definition) is 2. The minimum atomic E-state index is -3.47. The molecule has 1 rings (SSSR count). The lowest BCUT2D eigenvalue weighted by atomic mass is 10.1. The van der Waals surface area contributed by atoms with Crippen molar-refractivity contribution in [1.82, 2.24) is 4.72 Å². The highest BCUT2D eigenvalue weighted by Crippen LogP contribution is 2.21. The largest absolute Gasteiger partial charge is 0.387 e. The van der Waals surface area contributed by atoms with E-state index in [0.717, 1.165) is 32.1 Å². The summed E-state index contributed by atoms with van der Waals surface area (Å²) in [6.45, 7) is 4.20. The fourth-order valence-electron chi connectivity index (χ4n) is 2.25. The Morgan fingerprint density at radius 2 is 1.80 bits per heavy atom. The number of unbranched alkanes of at least 4 members (excludes halogenated alkanes) is 1. The van der Waals surface area contributed by atoms with Crippen molar-refractivity contribution >= 4 is 15.7 Å². The van der Waals surface area contributed by atoms with Crippen LogP contribution < -0.4 is 10.0 Å². The van der Waals surface area contributed by atoms with E-state index in [1.807, 2.05) is 6.07 Å². The van der Waals surface area contributed by atoms with Crippen LogP contribution in [0.3, 0.4) is 0 Å². The molecule has 0 radical (unpaired) electrons. The lowest BCUT2D eigenvalue weighted by molar-refractivity contribution is 0.483. The Morgan fingerprint density at radius 1 is 1.10 bits per heavy atom. The molecule has 0 aliphatic rings. The van der Waals surface area contributed by atoms with Crippen LogP contribution in [0.5, 0.6) is 0 Å². The minimum Gasteiger partial charge on any atom is -0.387 e. The fourth-order valence-corrected chi connectivity index (χ4v) is 3.77. The zero-order valence-corrected chi connectivity index (χ0v) is 13.5. The van der Waals surface area contributed by atoms with E-state index in [9.17, 15) is 8.42 Å². The van der Waals surface area contributed by atoms with Gasteiger partial charge < -0.3 is 5.32 Å². The Hall–Kier alpha value is -1.07. The Labute approximate surface area is 123 Å². The van der Waals surface area contributed by atoms with Crippen LogP contribution in [-0.4, -0.2) is 21.5 Å². The van der Waals surface area contributed by atoms with Gasteiger partial charge in [-0.3, -0.25) is 0 Å². The van der Waals surface area contributed by atoms with Crippen molar-refractivity contribution in [2.45, 2.75) is 56.9 Å². The summed E-state index contributed by atoms with van der Waals surface area (Å²) in [5, 5.41) is 2.93. The average molecular weight is 298 g/mol. The van der Waals surface area contributed by atoms with Gasteiger partial charge in [0.15, 0.2) is 0 Å². The van der Waals surface area contributed by atoms with E-state index in [1.165, 1.54) is 0 Å². The summed E-state index contributed by atoms with van der Waals surface area (Å²) in [6, 6.07) is 7.00. The maximum absolute atomic E-state index is 12.5. The summed E-state index contributed by atoms with van der Waals surface area (Å²) in [4.78, 5) is 0.320. The predicted octanol–water partition coefficient (Wildman–Crippen LogP) is 3.37. The van der Waals surface area contributed by atoms with Crippen LogP contribution in [0.1, 0.15) is 46.0 Å². The first-order chi connectivity index (χ1) is 9.55. The molecule has 114 valence electrons. The Morgan fingerprint density at radius 3 is 2.40 bits per heavy atom. The van der Waals surface area contributed by atoms with Gasteiger partial charge in [0.1, 0.15) is 4.90 Å². The summed E-state index contributed by atoms with van der Waals surface area (Å²) < 4.78 is 27.9. The van der Waals surface area contributed by atoms with E-state index < -0.39 is 10.0 Å². The fraction of sp³-hybridized carbons (Fsp3) is 0.600. The quantitative estimate of drug-likeness (QED) is 0.735. The number of benzene rings is 1. The number of nitrogens with one attached hydrogen (secondary N) is 2. The van der Waals surface area contributed by atoms with E-state index >= 15 is 0 Å². The standard InChI is InChI=1S/C15H26N2O2S/c1-4-6-10-13(9-5-2)17-20(18,19)15-12-8-7-11-14(15)16-3/h7-8,11-13,16-17H,4-6,9-10H2,1-3H3. The van der Waals surface area contributed by atoms with Crippen LogP contribution in [0, 0.1) is 0 Å². The molecule has 0 bridgehead atoms. The normalized spacial score (nSPS) is 13.2. The number of rotatable bonds is 9. The maximum atomic E-state index is 12.5. The van der Waals surface area contributed by atoms with Gasteiger partial charge in [-0.2, -0.15) is 0 Å². The van der Waals surface area contributed by atoms with Crippen molar-refractivity contribution in [3.8, 4) is 0 Å². The topological polar surface area (TPSA) is 58.2 Å². The SMILES string of the molecule is CCCCC(CCC)NS(=O)(=O)c1ccccc1NC. The summed E-state index contributed by atoms with van der Waals surface area (Å²) >= 11 is 0. The van der Waals surface area contributed by atoms with Crippen molar-refractivity contribution in [3.05, 3.63) is 24.3 Å². The van der Waals surface area contributed by atoms with Crippen LogP contribution >= 0.6 is 0 Å². The third-order valence-electron chi connectivity index (χ3n) is 3.31. The molecule has 0 aliphatic carbocycles. The second-order valence-electron chi connectivity index (χ2n) is 5.00. The highest BCUT2D eigenvalue weighted by atomic mass is 32.2. The van der Waals surface area contributed by atoms with Crippen molar-refractivity contribution in [1.29, 1.82) is 0 Å². The Balaban J connectivity index is 2.91. The first-order valence-corrected chi connectivity index (χ1v) is 8.82. The van der Waals surface area contributed by atoms with Crippen molar-refractivity contribution < 1.29 is 8.42 Å². The van der Waals surface area contributed by atoms with E-state index in [0.29, 0.717) is 10.6 Å². The second kappa shape index (κ2) is 8.27. The molecule has 2 N–H and O–H groups in total. The van der Waals surface area contributed by atoms with Crippen LogP contribution in [0.15, 0.2) is 29.2 Å². The van der Waals surface area contributed by atoms with Crippen molar-refractivity contribution in [3.63, 3.8) is 0 Å². The van der Waals surface area contributed by atoms with Crippen LogP contribution in [0.25, 0.3) is 0 Å². The van der Waals surface area contributed by atoms with Gasteiger partial charge in [-0.05, 0) is 25.0 Å². The first kappa shape index (κ1) is 17.0. The molecule has 0 spiro atoms. The first-order valence-electron chi connectivity index (χ1n) is 7.34. The van der Waals surface area contributed by atoms with Gasteiger partial charge in [0.2, 0.25) is 10.0 Å². The predicted molar refractivity (Wildman–Crippen MR) is 84.5 cm³/mol. The summed E-state index contributed by atoms with van der Waals surface area (Å²) in [5.41, 5.74) is 0.630. The maximum Gasteiger partial charge on any atom is 0.242 e. The molecule has 1 atom stereocenters. The second-order valence-corrected chi connectivity index (χ2v) is 6.68. The zero-order valence-electron chi connectivity index (χ0n) is 12.6. The molecule has 0 fully saturated rings. The smallest absolute Gasteiger partial charge is 0.242 e. The molecule has 0 saturated carbocycles. The monoisotopic (exact) mass is 298 g/mol. The molecule has 0 amide bonds. The molecule has 20 heavy (non-hydrogen) atoms. The van der Waals surface area contributed by atoms with E-state index in [2.05, 4.69) is 23.9 Å². The molecule has 1 unspecified atom stereocenters. The van der Waals surface area contributed by atoms with Gasteiger partial charge in [0, 0.05) is 13.1 Å². The zero-order chi connectivity index (χ0) is 15.0. The number of hydrogen-bond acceptors (Lipinski definition) is 3. The Bertz CT molecular complexity index is 500. The summed E-state index contributed by atoms with van der Waals surface area (Å²) in [7, 11) is -1.74. The molecule has 0 aliphatic heterocycles. The lowest BCUT2D eigenvalue weighted by Gasteiger charge is -2.19. The number of para-hydroxylation sites is 1. The van der Waals surface area contributed by atoms with Crippen LogP contribution in [0.4, 0.5) is 5.69 Å². The van der Waals surface area contributed by atoms with E-state index in [1.54, 1.807) is 25.2 Å². The molecule has 0 aromatic heterocycles. The molecule has 1 aromatic rings. The molecular formula is C15H26N2O2S. The van der Waals surface area contributed by atoms with Gasteiger partial charge in [-0.1, -0.05) is 45.2 Å². The molecule has 1 aromatic carbocycles. The molecule has 4 nitrogen and oxygen atoms in total. The van der Waals surface area contributed by atoms with E-state index in [-0.39, 0.29) is 6.04 Å². The molecule has 0 heterocycles. The summed E-state index contributed by atoms with van der Waals surface area (Å²) in [5.74, 6) is 0. The van der Waals surface area contributed by atoms with Gasteiger partial charge in [0.25, 0.3) is 0 Å². The highest BCUT2D eigenvalue weighted by molar-refractivity contribution is 7.89. The molecule has 5 heteroatoms.